The summed E-state index contributed by atoms with van der Waals surface area (Å²) in [7, 11) is 0. The normalized spacial score (nSPS) is 10.5. The van der Waals surface area contributed by atoms with Gasteiger partial charge in [-0.3, -0.25) is 9.78 Å². The van der Waals surface area contributed by atoms with Crippen molar-refractivity contribution < 1.29 is 24.4 Å². The fourth-order valence-electron chi connectivity index (χ4n) is 4.80. The lowest BCUT2D eigenvalue weighted by molar-refractivity contribution is -0.172. The van der Waals surface area contributed by atoms with E-state index in [-0.39, 0.29) is 24.8 Å². The molecule has 0 spiro atoms. The number of aryl methyl sites for hydroxylation is 1. The molecule has 0 amide bonds. The zero-order chi connectivity index (χ0) is 31.3. The van der Waals surface area contributed by atoms with Gasteiger partial charge in [-0.2, -0.15) is 0 Å². The summed E-state index contributed by atoms with van der Waals surface area (Å²) in [6, 6.07) is 26.2. The van der Waals surface area contributed by atoms with E-state index in [1.807, 2.05) is 54.6 Å². The molecule has 0 bridgehead atoms. The number of benzene rings is 4. The predicted molar refractivity (Wildman–Crippen MR) is 176 cm³/mol. The first-order valence-corrected chi connectivity index (χ1v) is 15.0. The minimum Gasteiger partial charge on any atom is -0.392 e. The number of hydrogen-bond donors (Lipinski definition) is 2. The Labute approximate surface area is 260 Å². The average Bonchev–Trinajstić information content (AvgIpc) is 3.06. The van der Waals surface area contributed by atoms with Gasteiger partial charge in [0, 0.05) is 16.7 Å². The molecular weight excluding hydrogens is 551 g/mol. The van der Waals surface area contributed by atoms with E-state index in [2.05, 4.69) is 38.0 Å². The van der Waals surface area contributed by atoms with Crippen LogP contribution in [0, 0.1) is 17.7 Å². The van der Waals surface area contributed by atoms with E-state index in [4.69, 9.17) is 14.9 Å². The van der Waals surface area contributed by atoms with Crippen LogP contribution in [0.5, 0.6) is 5.75 Å². The first-order chi connectivity index (χ1) is 21.4. The van der Waals surface area contributed by atoms with Crippen LogP contribution >= 0.6 is 0 Å². The Morgan fingerprint density at radius 2 is 1.45 bits per heavy atom. The lowest BCUT2D eigenvalue weighted by Gasteiger charge is -2.10. The summed E-state index contributed by atoms with van der Waals surface area (Å²) >= 11 is 0. The largest absolute Gasteiger partial charge is 0.392 e. The van der Waals surface area contributed by atoms with Crippen LogP contribution in [0.25, 0.3) is 27.8 Å². The van der Waals surface area contributed by atoms with Crippen LogP contribution in [-0.4, -0.2) is 23.4 Å². The van der Waals surface area contributed by atoms with Crippen LogP contribution in [0.3, 0.4) is 0 Å². The molecule has 0 saturated heterocycles. The first-order valence-electron chi connectivity index (χ1n) is 15.0. The molecular formula is C39H39FO4. The van der Waals surface area contributed by atoms with Crippen molar-refractivity contribution in [2.75, 3.05) is 13.2 Å². The van der Waals surface area contributed by atoms with E-state index in [9.17, 15) is 5.11 Å². The molecule has 0 heterocycles. The molecule has 0 aliphatic rings. The van der Waals surface area contributed by atoms with Gasteiger partial charge in [-0.25, -0.2) is 4.39 Å². The van der Waals surface area contributed by atoms with E-state index >= 15 is 4.39 Å². The molecule has 44 heavy (non-hydrogen) atoms. The number of halogens is 1. The smallest absolute Gasteiger partial charge is 0.178 e. The summed E-state index contributed by atoms with van der Waals surface area (Å²) in [6.07, 6.45) is 6.80. The Kier molecular flexibility index (Phi) is 11.9. The van der Waals surface area contributed by atoms with Crippen molar-refractivity contribution >= 4 is 5.57 Å². The van der Waals surface area contributed by atoms with Crippen LogP contribution < -0.4 is 4.89 Å². The molecule has 4 rings (SSSR count). The van der Waals surface area contributed by atoms with Crippen molar-refractivity contribution in [1.29, 1.82) is 0 Å². The SMILES string of the molecule is C=C(CO)OOc1ccc(-c2ccc(C#Cc3ccc(-c4ccc(C(=C)CO)cc4)c(F)c3)c(CCCCCCC)c2)cc1. The summed E-state index contributed by atoms with van der Waals surface area (Å²) in [6.45, 7) is 9.16. The molecule has 0 unspecified atom stereocenters. The predicted octanol–water partition coefficient (Wildman–Crippen LogP) is 8.89. The third-order valence-electron chi connectivity index (χ3n) is 7.38. The minimum absolute atomic E-state index is 0.119. The quantitative estimate of drug-likeness (QED) is 0.0506. The maximum Gasteiger partial charge on any atom is 0.178 e. The van der Waals surface area contributed by atoms with Gasteiger partial charge in [0.2, 0.25) is 0 Å². The maximum atomic E-state index is 15.2. The molecule has 4 aromatic rings. The summed E-state index contributed by atoms with van der Waals surface area (Å²) in [5, 5.41) is 18.3. The fraction of sp³-hybridized carbons (Fsp3) is 0.231. The highest BCUT2D eigenvalue weighted by atomic mass is 19.1. The number of rotatable bonds is 14. The van der Waals surface area contributed by atoms with Gasteiger partial charge in [-0.05, 0) is 82.6 Å². The molecule has 0 aliphatic carbocycles. The van der Waals surface area contributed by atoms with Gasteiger partial charge >= 0.3 is 0 Å². The van der Waals surface area contributed by atoms with E-state index < -0.39 is 0 Å². The second kappa shape index (κ2) is 16.3. The van der Waals surface area contributed by atoms with Crippen LogP contribution in [0.2, 0.25) is 0 Å². The van der Waals surface area contributed by atoms with Gasteiger partial charge in [0.15, 0.2) is 11.5 Å². The van der Waals surface area contributed by atoms with E-state index in [1.54, 1.807) is 18.2 Å². The Balaban J connectivity index is 1.55. The molecule has 0 aliphatic heterocycles. The molecule has 0 fully saturated rings. The molecule has 0 radical (unpaired) electrons. The molecule has 0 saturated carbocycles. The van der Waals surface area contributed by atoms with Gasteiger partial charge in [-0.15, -0.1) is 0 Å². The van der Waals surface area contributed by atoms with Gasteiger partial charge in [0.25, 0.3) is 0 Å². The van der Waals surface area contributed by atoms with Gasteiger partial charge < -0.3 is 10.2 Å². The highest BCUT2D eigenvalue weighted by Gasteiger charge is 2.09. The third-order valence-corrected chi connectivity index (χ3v) is 7.38. The van der Waals surface area contributed by atoms with Crippen LogP contribution in [0.15, 0.2) is 104 Å². The zero-order valence-electron chi connectivity index (χ0n) is 25.2. The van der Waals surface area contributed by atoms with E-state index in [0.29, 0.717) is 22.4 Å². The molecule has 0 atom stereocenters. The van der Waals surface area contributed by atoms with Gasteiger partial charge in [0.1, 0.15) is 12.4 Å². The van der Waals surface area contributed by atoms with E-state index in [1.165, 1.54) is 25.3 Å². The summed E-state index contributed by atoms with van der Waals surface area (Å²) in [4.78, 5) is 10.1. The third kappa shape index (κ3) is 8.94. The van der Waals surface area contributed by atoms with E-state index in [0.717, 1.165) is 52.6 Å². The standard InChI is InChI=1S/C39H39FO4/c1-4-5-6-7-8-9-35-25-36(33-19-21-37(22-20-33)44-43-29(3)27-42)18-15-32(35)12-10-30-11-23-38(39(40)24-30)34-16-13-31(14-17-34)28(2)26-41/h11,13-25,41-42H,2-9,26-27H2,1H3. The second-order valence-corrected chi connectivity index (χ2v) is 10.7. The molecule has 5 heteroatoms. The van der Waals surface area contributed by atoms with Gasteiger partial charge in [0.05, 0.1) is 6.61 Å². The Hall–Kier alpha value is -4.63. The number of aliphatic hydroxyl groups is 2. The Bertz CT molecular complexity index is 1630. The van der Waals surface area contributed by atoms with Crippen molar-refractivity contribution in [3.8, 4) is 39.8 Å². The highest BCUT2D eigenvalue weighted by molar-refractivity contribution is 5.71. The minimum atomic E-state index is -0.337. The molecule has 226 valence electrons. The molecule has 0 aromatic heterocycles. The lowest BCUT2D eigenvalue weighted by atomic mass is 9.95. The zero-order valence-corrected chi connectivity index (χ0v) is 25.2. The number of unbranched alkanes of at least 4 members (excludes halogenated alkanes) is 4. The van der Waals surface area contributed by atoms with Crippen molar-refractivity contribution in [2.45, 2.75) is 45.4 Å². The maximum absolute atomic E-state index is 15.2. The second-order valence-electron chi connectivity index (χ2n) is 10.7. The van der Waals surface area contributed by atoms with Crippen LogP contribution in [-0.2, 0) is 11.3 Å². The first kappa shape index (κ1) is 32.3. The van der Waals surface area contributed by atoms with Crippen molar-refractivity contribution in [2.24, 2.45) is 0 Å². The Morgan fingerprint density at radius 3 is 2.14 bits per heavy atom. The van der Waals surface area contributed by atoms with Crippen molar-refractivity contribution in [3.63, 3.8) is 0 Å². The highest BCUT2D eigenvalue weighted by Crippen LogP contribution is 2.28. The monoisotopic (exact) mass is 590 g/mol. The van der Waals surface area contributed by atoms with Crippen LogP contribution in [0.4, 0.5) is 4.39 Å². The summed E-state index contributed by atoms with van der Waals surface area (Å²) in [5.41, 5.74) is 7.49. The number of aliphatic hydroxyl groups excluding tert-OH is 2. The summed E-state index contributed by atoms with van der Waals surface area (Å²) < 4.78 is 15.2. The lowest BCUT2D eigenvalue weighted by Crippen LogP contribution is -1.99. The van der Waals surface area contributed by atoms with Gasteiger partial charge in [-0.1, -0.05) is 106 Å². The van der Waals surface area contributed by atoms with Crippen molar-refractivity contribution in [1.82, 2.24) is 0 Å². The molecule has 2 N–H and O–H groups in total. The fourth-order valence-corrected chi connectivity index (χ4v) is 4.80. The van der Waals surface area contributed by atoms with Crippen molar-refractivity contribution in [3.05, 3.63) is 132 Å². The summed E-state index contributed by atoms with van der Waals surface area (Å²) in [5.74, 6) is 6.77. The topological polar surface area (TPSA) is 58.9 Å². The molecule has 4 nitrogen and oxygen atoms in total. The molecule has 4 aromatic carbocycles. The average molecular weight is 591 g/mol. The Morgan fingerprint density at radius 1 is 0.750 bits per heavy atom. The number of hydrogen-bond acceptors (Lipinski definition) is 4. The van der Waals surface area contributed by atoms with Crippen LogP contribution in [0.1, 0.15) is 61.3 Å².